The Hall–Kier alpha value is -3.34. The van der Waals surface area contributed by atoms with Gasteiger partial charge < -0.3 is 72.1 Å². The SMILES string of the molecule is CCC(=O)O[C@@H]1CC(=O)O[C@H](C)CCN(CCCCCc2ccccc2)C[C@H](O)[C@H](C)C[C@H](CC(OC)OC)[C@H](O[C@@H]2O[C@H](C)[C@@H](O[C@H]3C[C@@](C)(OC(C)=O)[C@@H](OC(=O)CC)[C@H](C)O3)[C@H](N(C)C)[C@H]2O)[C@H]1OC. The molecule has 19 nitrogen and oxygen atoms in total. The number of carbonyl (C=O) groups excluding carboxylic acids is 4. The van der Waals surface area contributed by atoms with Crippen molar-refractivity contribution in [1.29, 1.82) is 0 Å². The summed E-state index contributed by atoms with van der Waals surface area (Å²) < 4.78 is 68.0. The molecule has 0 aliphatic carbocycles. The van der Waals surface area contributed by atoms with E-state index in [1.165, 1.54) is 33.8 Å². The van der Waals surface area contributed by atoms with E-state index in [1.54, 1.807) is 53.6 Å². The van der Waals surface area contributed by atoms with Crippen molar-refractivity contribution in [2.75, 3.05) is 55.1 Å². The lowest BCUT2D eigenvalue weighted by Crippen LogP contribution is -2.66. The molecule has 0 unspecified atom stereocenters. The lowest BCUT2D eigenvalue weighted by molar-refractivity contribution is -0.345. The first-order valence-electron chi connectivity index (χ1n) is 26.4. The van der Waals surface area contributed by atoms with Gasteiger partial charge in [0.1, 0.15) is 30.5 Å². The molecule has 2 N–H and O–H groups in total. The zero-order valence-electron chi connectivity index (χ0n) is 45.9. The van der Waals surface area contributed by atoms with Crippen LogP contribution in [0.25, 0.3) is 0 Å². The minimum Gasteiger partial charge on any atom is -0.463 e. The number of ether oxygens (including phenoxy) is 11. The maximum Gasteiger partial charge on any atom is 0.309 e. The fourth-order valence-electron chi connectivity index (χ4n) is 10.5. The first kappa shape index (κ1) is 62.2. The van der Waals surface area contributed by atoms with Gasteiger partial charge in [0.2, 0.25) is 0 Å². The van der Waals surface area contributed by atoms with Crippen LogP contribution in [-0.2, 0) is 77.7 Å². The number of aryl methyl sites for hydroxylation is 1. The van der Waals surface area contributed by atoms with Crippen molar-refractivity contribution in [3.8, 4) is 0 Å². The highest BCUT2D eigenvalue weighted by Crippen LogP contribution is 2.40. The second kappa shape index (κ2) is 30.4. The minimum atomic E-state index is -1.41. The molecule has 3 heterocycles. The molecule has 73 heavy (non-hydrogen) atoms. The van der Waals surface area contributed by atoms with Crippen LogP contribution >= 0.6 is 0 Å². The van der Waals surface area contributed by atoms with Crippen molar-refractivity contribution < 1.29 is 81.5 Å². The monoisotopic (exact) mass is 1040 g/mol. The average Bonchev–Trinajstić information content (AvgIpc) is 3.33. The molecule has 0 radical (unpaired) electrons. The van der Waals surface area contributed by atoms with Crippen LogP contribution in [0.3, 0.4) is 0 Å². The van der Waals surface area contributed by atoms with Crippen molar-refractivity contribution in [3.05, 3.63) is 35.9 Å². The van der Waals surface area contributed by atoms with Crippen LogP contribution in [0.1, 0.15) is 125 Å². The third-order valence-corrected chi connectivity index (χ3v) is 14.5. The molecule has 19 heteroatoms. The summed E-state index contributed by atoms with van der Waals surface area (Å²) in [5, 5.41) is 24.6. The van der Waals surface area contributed by atoms with Crippen molar-refractivity contribution in [3.63, 3.8) is 0 Å². The van der Waals surface area contributed by atoms with Gasteiger partial charge in [-0.1, -0.05) is 57.5 Å². The number of hydrogen-bond acceptors (Lipinski definition) is 19. The van der Waals surface area contributed by atoms with Crippen molar-refractivity contribution >= 4 is 23.9 Å². The van der Waals surface area contributed by atoms with Gasteiger partial charge in [0, 0.05) is 67.0 Å². The zero-order chi connectivity index (χ0) is 54.0. The number of esters is 4. The van der Waals surface area contributed by atoms with Crippen LogP contribution in [0.4, 0.5) is 0 Å². The van der Waals surface area contributed by atoms with E-state index < -0.39 is 121 Å². The number of rotatable bonds is 21. The number of benzene rings is 1. The van der Waals surface area contributed by atoms with Gasteiger partial charge in [-0.3, -0.25) is 19.2 Å². The molecule has 1 aromatic rings. The number of aliphatic hydroxyl groups excluding tert-OH is 2. The summed E-state index contributed by atoms with van der Waals surface area (Å²) in [7, 11) is 8.03. The minimum absolute atomic E-state index is 0.00690. The zero-order valence-corrected chi connectivity index (χ0v) is 45.9. The van der Waals surface area contributed by atoms with E-state index in [0.29, 0.717) is 25.9 Å². The number of nitrogens with zero attached hydrogens (tertiary/aromatic N) is 2. The van der Waals surface area contributed by atoms with Gasteiger partial charge in [0.25, 0.3) is 0 Å². The van der Waals surface area contributed by atoms with Crippen LogP contribution in [0.5, 0.6) is 0 Å². The summed E-state index contributed by atoms with van der Waals surface area (Å²) in [5.74, 6) is -3.17. The van der Waals surface area contributed by atoms with Crippen molar-refractivity contribution in [2.24, 2.45) is 11.8 Å². The average molecular weight is 1040 g/mol. The topological polar surface area (TPSA) is 217 Å². The quantitative estimate of drug-likeness (QED) is 0.0686. The number of methoxy groups -OCH3 is 3. The third kappa shape index (κ3) is 18.7. The van der Waals surface area contributed by atoms with Crippen LogP contribution in [-0.4, -0.2) is 191 Å². The number of likely N-dealkylation sites (N-methyl/N-ethyl adjacent to an activating group) is 1. The predicted octanol–water partition coefficient (Wildman–Crippen LogP) is 5.36. The molecular weight excluding hydrogens is 949 g/mol. The molecule has 1 aromatic carbocycles. The maximum absolute atomic E-state index is 13.9. The fraction of sp³-hybridized carbons (Fsp3) is 0.815. The van der Waals surface area contributed by atoms with Crippen LogP contribution in [0.2, 0.25) is 0 Å². The molecule has 4 rings (SSSR count). The maximum atomic E-state index is 13.9. The van der Waals surface area contributed by atoms with Crippen LogP contribution in [0, 0.1) is 11.8 Å². The van der Waals surface area contributed by atoms with E-state index in [0.717, 1.165) is 32.2 Å². The molecule has 3 saturated heterocycles. The highest BCUT2D eigenvalue weighted by molar-refractivity contribution is 5.73. The normalized spacial score (nSPS) is 34.4. The second-order valence-corrected chi connectivity index (χ2v) is 20.7. The van der Waals surface area contributed by atoms with Gasteiger partial charge in [-0.2, -0.15) is 0 Å². The number of carbonyl (C=O) groups is 4. The first-order chi connectivity index (χ1) is 34.7. The van der Waals surface area contributed by atoms with Gasteiger partial charge in [-0.15, -0.1) is 0 Å². The first-order valence-corrected chi connectivity index (χ1v) is 26.4. The highest BCUT2D eigenvalue weighted by Gasteiger charge is 2.54. The Labute approximate surface area is 434 Å². The Morgan fingerprint density at radius 2 is 1.55 bits per heavy atom. The largest absolute Gasteiger partial charge is 0.463 e. The number of unbranched alkanes of at least 4 members (excludes halogenated alkanes) is 2. The molecular formula is C54H90N2O17. The summed E-state index contributed by atoms with van der Waals surface area (Å²) in [4.78, 5) is 56.1. The Morgan fingerprint density at radius 1 is 0.877 bits per heavy atom. The van der Waals surface area contributed by atoms with Crippen molar-refractivity contribution in [1.82, 2.24) is 9.80 Å². The van der Waals surface area contributed by atoms with Crippen molar-refractivity contribution in [2.45, 2.75) is 218 Å². The number of hydrogen-bond donors (Lipinski definition) is 2. The molecule has 0 bridgehead atoms. The van der Waals surface area contributed by atoms with E-state index in [9.17, 15) is 29.4 Å². The lowest BCUT2D eigenvalue weighted by atomic mass is 9.82. The summed E-state index contributed by atoms with van der Waals surface area (Å²) in [6.07, 6.45) is -7.88. The van der Waals surface area contributed by atoms with Gasteiger partial charge in [-0.05, 0) is 97.8 Å². The summed E-state index contributed by atoms with van der Waals surface area (Å²) in [6.45, 7) is 15.2. The van der Waals surface area contributed by atoms with E-state index in [-0.39, 0.29) is 38.0 Å². The van der Waals surface area contributed by atoms with Crippen LogP contribution in [0.15, 0.2) is 30.3 Å². The molecule has 0 saturated carbocycles. The van der Waals surface area contributed by atoms with E-state index in [4.69, 9.17) is 52.1 Å². The van der Waals surface area contributed by atoms with E-state index >= 15 is 0 Å². The van der Waals surface area contributed by atoms with Crippen LogP contribution < -0.4 is 0 Å². The Morgan fingerprint density at radius 3 is 2.16 bits per heavy atom. The predicted molar refractivity (Wildman–Crippen MR) is 269 cm³/mol. The fourth-order valence-corrected chi connectivity index (χ4v) is 10.5. The summed E-state index contributed by atoms with van der Waals surface area (Å²) in [5.41, 5.74) is -0.0187. The van der Waals surface area contributed by atoms with Gasteiger partial charge in [-0.25, -0.2) is 0 Å². The molecule has 3 aliphatic rings. The Kier molecular flexibility index (Phi) is 25.9. The Balaban J connectivity index is 1.70. The summed E-state index contributed by atoms with van der Waals surface area (Å²) in [6, 6.07) is 9.60. The molecule has 0 amide bonds. The Bertz CT molecular complexity index is 1810. The number of β-amino-alcohol motifs (C(OH)–C–C–N with tert-alkyl or cyclic N) is 1. The molecule has 16 atom stereocenters. The van der Waals surface area contributed by atoms with Gasteiger partial charge in [0.05, 0.1) is 36.9 Å². The van der Waals surface area contributed by atoms with E-state index in [2.05, 4.69) is 29.2 Å². The molecule has 0 aromatic heterocycles. The molecule has 418 valence electrons. The molecule has 3 aliphatic heterocycles. The lowest BCUT2D eigenvalue weighted by Gasteiger charge is -2.51. The standard InChI is InChI=1S/C54H90N2O17/c1-14-42(59)69-41-30-44(61)66-34(4)25-27-56(26-21-17-20-24-38-22-18-16-19-23-38)32-40(58)33(3)28-39(29-45(63-11)64-12)50(51(41)65-13)72-53-48(62)47(55(9)10)49(35(5)68-53)71-46-31-54(8,73-37(7)57)52(36(6)67-46)70-43(60)15-2/h16,18-19,22-23,33-36,39-41,45-53,58,62H,14-15,17,20-21,24-32H2,1-13H3/t33-,34-,35-,36+,39-,40+,41-,46+,47-,48-,49-,50+,51+,52+,53+,54-/m1/s1. The van der Waals surface area contributed by atoms with Gasteiger partial charge in [0.15, 0.2) is 30.6 Å². The van der Waals surface area contributed by atoms with E-state index in [1.807, 2.05) is 19.9 Å². The second-order valence-electron chi connectivity index (χ2n) is 20.7. The molecule has 3 fully saturated rings. The smallest absolute Gasteiger partial charge is 0.309 e. The van der Waals surface area contributed by atoms with Gasteiger partial charge >= 0.3 is 23.9 Å². The number of aliphatic hydroxyl groups is 2. The third-order valence-electron chi connectivity index (χ3n) is 14.5. The summed E-state index contributed by atoms with van der Waals surface area (Å²) >= 11 is 0. The molecule has 0 spiro atoms. The highest BCUT2D eigenvalue weighted by atomic mass is 16.7. The number of cyclic esters (lactones) is 1.